The SMILES string of the molecule is C1=c2ccccc2=CC2c3cc(-c4ccc(-c5ccc(-c6c7ccccc7c(-c7ccc8ccccc8c7)c7ccccc67)c6ccccc56)cc4)ccc3OC12. The van der Waals surface area contributed by atoms with Gasteiger partial charge < -0.3 is 4.74 Å². The van der Waals surface area contributed by atoms with E-state index in [0.29, 0.717) is 0 Å². The maximum absolute atomic E-state index is 6.42. The minimum atomic E-state index is 0.0438. The minimum absolute atomic E-state index is 0.0438. The van der Waals surface area contributed by atoms with Gasteiger partial charge in [-0.15, -0.1) is 0 Å². The Labute approximate surface area is 331 Å². The number of hydrogen-bond donors (Lipinski definition) is 0. The van der Waals surface area contributed by atoms with Crippen molar-refractivity contribution in [3.05, 3.63) is 210 Å². The number of benzene rings is 10. The summed E-state index contributed by atoms with van der Waals surface area (Å²) in [4.78, 5) is 0. The standard InChI is InChI=1S/C56H36O/c1-2-12-38-31-42(26-23-35(38)11-1)55-46-17-7-9-19-48(46)56(49-20-10-8-18-47(49)55)50-29-28-43(44-15-5-6-16-45(44)50)37-24-21-36(22-25-37)41-27-30-53-51(33-41)52-32-39-13-3-4-14-40(39)34-54(52)57-53/h1-34,52,54H. The molecule has 0 amide bonds. The lowest BCUT2D eigenvalue weighted by Gasteiger charge is -2.20. The van der Waals surface area contributed by atoms with E-state index < -0.39 is 0 Å². The van der Waals surface area contributed by atoms with Gasteiger partial charge in [0, 0.05) is 11.5 Å². The Morgan fingerprint density at radius 1 is 0.333 bits per heavy atom. The molecule has 1 aliphatic heterocycles. The summed E-state index contributed by atoms with van der Waals surface area (Å²) >= 11 is 0. The van der Waals surface area contributed by atoms with Gasteiger partial charge in [-0.3, -0.25) is 0 Å². The molecule has 0 bridgehead atoms. The third-order valence-corrected chi connectivity index (χ3v) is 12.4. The minimum Gasteiger partial charge on any atom is -0.485 e. The van der Waals surface area contributed by atoms with E-state index in [2.05, 4.69) is 206 Å². The summed E-state index contributed by atoms with van der Waals surface area (Å²) in [6, 6.07) is 71.4. The molecule has 2 aliphatic rings. The van der Waals surface area contributed by atoms with Crippen LogP contribution in [-0.4, -0.2) is 6.10 Å². The molecule has 12 rings (SSSR count). The molecule has 1 heteroatoms. The average Bonchev–Trinajstić information content (AvgIpc) is 3.63. The first-order valence-electron chi connectivity index (χ1n) is 19.9. The second-order valence-corrected chi connectivity index (χ2v) is 15.5. The lowest BCUT2D eigenvalue weighted by atomic mass is 9.83. The average molecular weight is 725 g/mol. The van der Waals surface area contributed by atoms with Crippen molar-refractivity contribution < 1.29 is 4.74 Å². The van der Waals surface area contributed by atoms with Crippen LogP contribution < -0.4 is 15.2 Å². The third-order valence-electron chi connectivity index (χ3n) is 12.4. The Morgan fingerprint density at radius 3 is 1.58 bits per heavy atom. The Balaban J connectivity index is 0.963. The summed E-state index contributed by atoms with van der Waals surface area (Å²) in [6.45, 7) is 0. The van der Waals surface area contributed by atoms with E-state index in [0.717, 1.165) is 5.75 Å². The van der Waals surface area contributed by atoms with Gasteiger partial charge >= 0.3 is 0 Å². The predicted molar refractivity (Wildman–Crippen MR) is 240 cm³/mol. The molecule has 2 unspecified atom stereocenters. The molecule has 2 atom stereocenters. The molecular formula is C56H36O. The predicted octanol–water partition coefficient (Wildman–Crippen LogP) is 13.1. The van der Waals surface area contributed by atoms with Crippen molar-refractivity contribution in [1.29, 1.82) is 0 Å². The van der Waals surface area contributed by atoms with Crippen molar-refractivity contribution >= 4 is 55.2 Å². The highest BCUT2D eigenvalue weighted by Crippen LogP contribution is 2.47. The zero-order valence-electron chi connectivity index (χ0n) is 31.2. The smallest absolute Gasteiger partial charge is 0.128 e. The van der Waals surface area contributed by atoms with E-state index >= 15 is 0 Å². The van der Waals surface area contributed by atoms with Crippen LogP contribution in [0.4, 0.5) is 0 Å². The number of hydrogen-bond acceptors (Lipinski definition) is 1. The first-order valence-corrected chi connectivity index (χ1v) is 19.9. The molecule has 10 aromatic carbocycles. The Bertz CT molecular complexity index is 3330. The molecule has 0 aromatic heterocycles. The number of ether oxygens (including phenoxy) is 1. The Hall–Kier alpha value is -7.22. The molecule has 1 aliphatic carbocycles. The van der Waals surface area contributed by atoms with E-state index in [-0.39, 0.29) is 12.0 Å². The normalized spacial score (nSPS) is 15.4. The topological polar surface area (TPSA) is 9.23 Å². The first-order chi connectivity index (χ1) is 28.2. The van der Waals surface area contributed by atoms with Gasteiger partial charge in [0.15, 0.2) is 0 Å². The van der Waals surface area contributed by atoms with E-state index in [1.807, 2.05) is 0 Å². The van der Waals surface area contributed by atoms with Crippen LogP contribution in [0.1, 0.15) is 11.5 Å². The highest BCUT2D eigenvalue weighted by atomic mass is 16.5. The van der Waals surface area contributed by atoms with Gasteiger partial charge in [0.25, 0.3) is 0 Å². The van der Waals surface area contributed by atoms with Crippen LogP contribution in [-0.2, 0) is 0 Å². The van der Waals surface area contributed by atoms with Crippen molar-refractivity contribution in [2.45, 2.75) is 12.0 Å². The monoisotopic (exact) mass is 724 g/mol. The van der Waals surface area contributed by atoms with E-state index in [9.17, 15) is 0 Å². The van der Waals surface area contributed by atoms with Crippen LogP contribution in [0.25, 0.3) is 99.7 Å². The van der Waals surface area contributed by atoms with Gasteiger partial charge in [0.1, 0.15) is 11.9 Å². The highest BCUT2D eigenvalue weighted by Gasteiger charge is 2.33. The van der Waals surface area contributed by atoms with Gasteiger partial charge in [0.05, 0.1) is 0 Å². The second-order valence-electron chi connectivity index (χ2n) is 15.5. The Morgan fingerprint density at radius 2 is 0.860 bits per heavy atom. The van der Waals surface area contributed by atoms with E-state index in [1.165, 1.54) is 104 Å². The van der Waals surface area contributed by atoms with Gasteiger partial charge in [-0.05, 0) is 122 Å². The van der Waals surface area contributed by atoms with Gasteiger partial charge in [-0.2, -0.15) is 0 Å². The van der Waals surface area contributed by atoms with Crippen LogP contribution in [0.3, 0.4) is 0 Å². The van der Waals surface area contributed by atoms with Gasteiger partial charge in [-0.25, -0.2) is 0 Å². The van der Waals surface area contributed by atoms with Crippen molar-refractivity contribution in [2.75, 3.05) is 0 Å². The molecule has 1 nitrogen and oxygen atoms in total. The summed E-state index contributed by atoms with van der Waals surface area (Å²) < 4.78 is 6.42. The van der Waals surface area contributed by atoms with Crippen molar-refractivity contribution in [3.8, 4) is 50.3 Å². The van der Waals surface area contributed by atoms with E-state index in [1.54, 1.807) is 0 Å². The molecule has 1 heterocycles. The lowest BCUT2D eigenvalue weighted by Crippen LogP contribution is -2.34. The molecule has 0 spiro atoms. The fourth-order valence-corrected chi connectivity index (χ4v) is 9.69. The summed E-state index contributed by atoms with van der Waals surface area (Å²) in [5.74, 6) is 1.21. The zero-order chi connectivity index (χ0) is 37.5. The number of fused-ring (bicyclic) bond motifs is 8. The van der Waals surface area contributed by atoms with Crippen molar-refractivity contribution in [1.82, 2.24) is 0 Å². The van der Waals surface area contributed by atoms with Gasteiger partial charge in [0.2, 0.25) is 0 Å². The summed E-state index contributed by atoms with van der Waals surface area (Å²) in [5.41, 5.74) is 11.2. The molecule has 0 N–H and O–H groups in total. The summed E-state index contributed by atoms with van der Waals surface area (Å²) in [5, 5.41) is 12.6. The summed E-state index contributed by atoms with van der Waals surface area (Å²) in [7, 11) is 0. The van der Waals surface area contributed by atoms with E-state index in [4.69, 9.17) is 4.74 Å². The van der Waals surface area contributed by atoms with Crippen LogP contribution in [0.15, 0.2) is 194 Å². The zero-order valence-corrected chi connectivity index (χ0v) is 31.2. The fourth-order valence-electron chi connectivity index (χ4n) is 9.69. The molecule has 0 fully saturated rings. The highest BCUT2D eigenvalue weighted by molar-refractivity contribution is 6.24. The fraction of sp³-hybridized carbons (Fsp3) is 0.0357. The Kier molecular flexibility index (Phi) is 7.12. The quantitative estimate of drug-likeness (QED) is 0.164. The van der Waals surface area contributed by atoms with Crippen LogP contribution in [0.5, 0.6) is 5.75 Å². The van der Waals surface area contributed by atoms with Crippen molar-refractivity contribution in [3.63, 3.8) is 0 Å². The van der Waals surface area contributed by atoms with Crippen LogP contribution in [0.2, 0.25) is 0 Å². The maximum Gasteiger partial charge on any atom is 0.128 e. The molecule has 0 saturated heterocycles. The summed E-state index contributed by atoms with van der Waals surface area (Å²) in [6.07, 6.45) is 4.69. The van der Waals surface area contributed by atoms with Crippen LogP contribution >= 0.6 is 0 Å². The third kappa shape index (κ3) is 5.09. The number of rotatable bonds is 4. The molecular weight excluding hydrogens is 689 g/mol. The molecule has 0 radical (unpaired) electrons. The molecule has 57 heavy (non-hydrogen) atoms. The molecule has 266 valence electrons. The molecule has 10 aromatic rings. The first kappa shape index (κ1) is 32.1. The van der Waals surface area contributed by atoms with Crippen molar-refractivity contribution in [2.24, 2.45) is 0 Å². The maximum atomic E-state index is 6.42. The van der Waals surface area contributed by atoms with Crippen LogP contribution in [0, 0.1) is 0 Å². The van der Waals surface area contributed by atoms with Gasteiger partial charge in [-0.1, -0.05) is 182 Å². The largest absolute Gasteiger partial charge is 0.485 e. The second kappa shape index (κ2) is 12.7. The lowest BCUT2D eigenvalue weighted by molar-refractivity contribution is 0.288. The molecule has 0 saturated carbocycles.